The molecule has 0 unspecified atom stereocenters. The number of nitrogens with one attached hydrogen (secondary N) is 2. The number of halogens is 1. The van der Waals surface area contributed by atoms with Crippen molar-refractivity contribution >= 4 is 35.8 Å². The third-order valence-corrected chi connectivity index (χ3v) is 5.61. The Kier molecular flexibility index (Phi) is 10.3. The third kappa shape index (κ3) is 6.95. The molecule has 2 heterocycles. The van der Waals surface area contributed by atoms with E-state index in [-0.39, 0.29) is 36.4 Å². The molecule has 0 saturated heterocycles. The van der Waals surface area contributed by atoms with E-state index in [9.17, 15) is 4.79 Å². The molecule has 1 aromatic carbocycles. The Hall–Kier alpha value is -2.10. The Balaban J connectivity index is 0.00000341. The number of aromatic nitrogens is 1. The molecule has 0 aliphatic carbocycles. The number of carbonyl (C=O) groups is 1. The van der Waals surface area contributed by atoms with Crippen molar-refractivity contribution in [1.82, 2.24) is 20.7 Å². The summed E-state index contributed by atoms with van der Waals surface area (Å²) in [6.07, 6.45) is 2.99. The van der Waals surface area contributed by atoms with Crippen molar-refractivity contribution in [2.24, 2.45) is 4.99 Å². The van der Waals surface area contributed by atoms with Crippen LogP contribution >= 0.6 is 24.0 Å². The Labute approximate surface area is 202 Å². The number of carbonyl (C=O) groups excluding carboxylic acids is 1. The van der Waals surface area contributed by atoms with Gasteiger partial charge in [-0.25, -0.2) is 4.99 Å². The van der Waals surface area contributed by atoms with Crippen molar-refractivity contribution in [1.29, 1.82) is 0 Å². The van der Waals surface area contributed by atoms with Crippen LogP contribution in [0.1, 0.15) is 62.1 Å². The van der Waals surface area contributed by atoms with E-state index in [1.807, 2.05) is 24.0 Å². The molecule has 1 aliphatic heterocycles. The maximum Gasteiger partial charge on any atom is 0.244 e. The highest BCUT2D eigenvalue weighted by molar-refractivity contribution is 14.0. The average Bonchev–Trinajstić information content (AvgIpc) is 3.24. The molecule has 2 aromatic rings. The van der Waals surface area contributed by atoms with E-state index in [2.05, 4.69) is 52.8 Å². The molecular weight excluding hydrogens is 505 g/mol. The van der Waals surface area contributed by atoms with Gasteiger partial charge in [-0.2, -0.15) is 0 Å². The molecule has 8 heteroatoms. The summed E-state index contributed by atoms with van der Waals surface area (Å²) in [5, 5.41) is 10.6. The summed E-state index contributed by atoms with van der Waals surface area (Å²) in [5.41, 5.74) is 3.56. The van der Waals surface area contributed by atoms with Crippen LogP contribution in [0.2, 0.25) is 0 Å². The molecule has 0 saturated carbocycles. The van der Waals surface area contributed by atoms with E-state index in [4.69, 9.17) is 4.52 Å². The molecule has 31 heavy (non-hydrogen) atoms. The largest absolute Gasteiger partial charge is 0.359 e. The van der Waals surface area contributed by atoms with E-state index in [0.717, 1.165) is 37.3 Å². The van der Waals surface area contributed by atoms with E-state index < -0.39 is 0 Å². The number of rotatable bonds is 8. The van der Waals surface area contributed by atoms with Crippen molar-refractivity contribution in [3.8, 4) is 0 Å². The Morgan fingerprint density at radius 1 is 1.19 bits per heavy atom. The average molecular weight is 539 g/mol. The first-order valence-corrected chi connectivity index (χ1v) is 11.0. The van der Waals surface area contributed by atoms with Gasteiger partial charge >= 0.3 is 0 Å². The normalized spacial score (nSPS) is 13.5. The number of hydrogen-bond donors (Lipinski definition) is 2. The molecule has 1 amide bonds. The van der Waals surface area contributed by atoms with Gasteiger partial charge in [-0.05, 0) is 37.3 Å². The van der Waals surface area contributed by atoms with Gasteiger partial charge in [0.1, 0.15) is 6.54 Å². The van der Waals surface area contributed by atoms with Gasteiger partial charge in [0.25, 0.3) is 0 Å². The van der Waals surface area contributed by atoms with Crippen molar-refractivity contribution < 1.29 is 9.32 Å². The van der Waals surface area contributed by atoms with Crippen LogP contribution in [0.15, 0.2) is 39.8 Å². The maximum absolute atomic E-state index is 12.7. The van der Waals surface area contributed by atoms with Crippen LogP contribution in [-0.2, 0) is 24.3 Å². The van der Waals surface area contributed by atoms with Crippen LogP contribution in [0.3, 0.4) is 0 Å². The van der Waals surface area contributed by atoms with E-state index in [1.54, 1.807) is 0 Å². The number of fused-ring (bicyclic) bond motifs is 1. The summed E-state index contributed by atoms with van der Waals surface area (Å²) < 4.78 is 5.46. The van der Waals surface area contributed by atoms with Gasteiger partial charge in [0.05, 0.1) is 12.2 Å². The fourth-order valence-corrected chi connectivity index (χ4v) is 3.78. The summed E-state index contributed by atoms with van der Waals surface area (Å²) in [6.45, 7) is 9.03. The van der Waals surface area contributed by atoms with Crippen LogP contribution in [0.25, 0.3) is 0 Å². The smallest absolute Gasteiger partial charge is 0.244 e. The monoisotopic (exact) mass is 539 g/mol. The number of guanidine groups is 1. The molecular formula is C23H34IN5O2. The van der Waals surface area contributed by atoms with E-state index >= 15 is 0 Å². The summed E-state index contributed by atoms with van der Waals surface area (Å²) in [5.74, 6) is 1.83. The quantitative estimate of drug-likeness (QED) is 0.303. The SMILES string of the molecule is CCNC(=NCC(=O)N1CCc2ccccc2C1)NCc1cc(C(CC)CC)no1.I. The fourth-order valence-electron chi connectivity index (χ4n) is 3.78. The lowest BCUT2D eigenvalue weighted by Crippen LogP contribution is -2.40. The highest BCUT2D eigenvalue weighted by Crippen LogP contribution is 2.22. The van der Waals surface area contributed by atoms with Crippen LogP contribution in [-0.4, -0.2) is 41.6 Å². The molecule has 0 fully saturated rings. The number of aliphatic imine (C=N–C) groups is 1. The molecule has 2 N–H and O–H groups in total. The summed E-state index contributed by atoms with van der Waals surface area (Å²) in [7, 11) is 0. The minimum atomic E-state index is 0. The molecule has 3 rings (SSSR count). The summed E-state index contributed by atoms with van der Waals surface area (Å²) >= 11 is 0. The van der Waals surface area contributed by atoms with Gasteiger partial charge in [0.2, 0.25) is 5.91 Å². The molecule has 0 radical (unpaired) electrons. The number of amides is 1. The lowest BCUT2D eigenvalue weighted by Gasteiger charge is -2.28. The van der Waals surface area contributed by atoms with E-state index in [1.165, 1.54) is 11.1 Å². The standard InChI is InChI=1S/C23H33N5O2.HI/c1-4-17(5-2)21-13-20(30-27-21)14-25-23(24-6-3)26-15-22(29)28-12-11-18-9-7-8-10-19(18)16-28;/h7-10,13,17H,4-6,11-12,14-16H2,1-3H3,(H2,24,25,26);1H. The second-order valence-electron chi connectivity index (χ2n) is 7.61. The zero-order chi connectivity index (χ0) is 21.3. The van der Waals surface area contributed by atoms with Crippen molar-refractivity contribution in [2.75, 3.05) is 19.6 Å². The predicted molar refractivity (Wildman–Crippen MR) is 134 cm³/mol. The molecule has 0 atom stereocenters. The molecule has 7 nitrogen and oxygen atoms in total. The lowest BCUT2D eigenvalue weighted by molar-refractivity contribution is -0.130. The van der Waals surface area contributed by atoms with Crippen LogP contribution in [0.5, 0.6) is 0 Å². The minimum Gasteiger partial charge on any atom is -0.359 e. The Morgan fingerprint density at radius 3 is 2.65 bits per heavy atom. The highest BCUT2D eigenvalue weighted by Gasteiger charge is 2.20. The first-order chi connectivity index (χ1) is 14.6. The van der Waals surface area contributed by atoms with Gasteiger partial charge in [0.15, 0.2) is 11.7 Å². The molecule has 1 aliphatic rings. The predicted octanol–water partition coefficient (Wildman–Crippen LogP) is 3.84. The second kappa shape index (κ2) is 12.7. The van der Waals surface area contributed by atoms with Crippen LogP contribution < -0.4 is 10.6 Å². The molecule has 1 aromatic heterocycles. The molecule has 0 spiro atoms. The van der Waals surface area contributed by atoms with Crippen molar-refractivity contribution in [3.63, 3.8) is 0 Å². The second-order valence-corrected chi connectivity index (χ2v) is 7.61. The fraction of sp³-hybridized carbons (Fsp3) is 0.522. The highest BCUT2D eigenvalue weighted by atomic mass is 127. The summed E-state index contributed by atoms with van der Waals surface area (Å²) in [6, 6.07) is 10.3. The number of hydrogen-bond acceptors (Lipinski definition) is 4. The van der Waals surface area contributed by atoms with Gasteiger partial charge in [-0.3, -0.25) is 4.79 Å². The third-order valence-electron chi connectivity index (χ3n) is 5.61. The van der Waals surface area contributed by atoms with Crippen LogP contribution in [0.4, 0.5) is 0 Å². The zero-order valence-corrected chi connectivity index (χ0v) is 21.0. The summed E-state index contributed by atoms with van der Waals surface area (Å²) in [4.78, 5) is 19.0. The Morgan fingerprint density at radius 2 is 1.94 bits per heavy atom. The van der Waals surface area contributed by atoms with Crippen molar-refractivity contribution in [3.05, 3.63) is 52.9 Å². The minimum absolute atomic E-state index is 0. The van der Waals surface area contributed by atoms with Crippen molar-refractivity contribution in [2.45, 2.75) is 59.0 Å². The first-order valence-electron chi connectivity index (χ1n) is 11.0. The lowest BCUT2D eigenvalue weighted by atomic mass is 9.99. The maximum atomic E-state index is 12.7. The van der Waals surface area contributed by atoms with Crippen LogP contribution in [0, 0.1) is 0 Å². The van der Waals surface area contributed by atoms with Gasteiger partial charge in [0, 0.05) is 31.6 Å². The topological polar surface area (TPSA) is 82.8 Å². The Bertz CT molecular complexity index is 863. The zero-order valence-electron chi connectivity index (χ0n) is 18.7. The first kappa shape index (κ1) is 25.2. The van der Waals surface area contributed by atoms with E-state index in [0.29, 0.717) is 31.5 Å². The molecule has 170 valence electrons. The van der Waals surface area contributed by atoms with Gasteiger partial charge < -0.3 is 20.1 Å². The number of benzene rings is 1. The molecule has 0 bridgehead atoms. The number of nitrogens with zero attached hydrogens (tertiary/aromatic N) is 3. The van der Waals surface area contributed by atoms with Gasteiger partial charge in [-0.15, -0.1) is 24.0 Å². The van der Waals surface area contributed by atoms with Gasteiger partial charge in [-0.1, -0.05) is 43.3 Å².